The van der Waals surface area contributed by atoms with Crippen molar-refractivity contribution in [3.05, 3.63) is 58.6 Å². The second-order valence-electron chi connectivity index (χ2n) is 5.96. The summed E-state index contributed by atoms with van der Waals surface area (Å²) in [4.78, 5) is 23.9. The van der Waals surface area contributed by atoms with E-state index in [-0.39, 0.29) is 11.6 Å². The lowest BCUT2D eigenvalue weighted by molar-refractivity contribution is -0.137. The lowest BCUT2D eigenvalue weighted by Crippen LogP contribution is -2.24. The Hall–Kier alpha value is -2.74. The highest BCUT2D eigenvalue weighted by Crippen LogP contribution is 2.36. The Balaban J connectivity index is 1.97. The van der Waals surface area contributed by atoms with E-state index in [2.05, 4.69) is 16.0 Å². The van der Waals surface area contributed by atoms with Crippen LogP contribution in [0.5, 0.6) is 0 Å². The van der Waals surface area contributed by atoms with Crippen LogP contribution in [0.1, 0.15) is 35.7 Å². The van der Waals surface area contributed by atoms with Crippen molar-refractivity contribution in [1.82, 2.24) is 5.32 Å². The smallest absolute Gasteiger partial charge is 0.352 e. The van der Waals surface area contributed by atoms with E-state index in [9.17, 15) is 22.8 Å². The van der Waals surface area contributed by atoms with Gasteiger partial charge in [-0.1, -0.05) is 24.9 Å². The largest absolute Gasteiger partial charge is 0.417 e. The van der Waals surface area contributed by atoms with Gasteiger partial charge in [-0.05, 0) is 48.9 Å². The van der Waals surface area contributed by atoms with Gasteiger partial charge in [0, 0.05) is 23.5 Å². The van der Waals surface area contributed by atoms with Gasteiger partial charge in [-0.3, -0.25) is 4.79 Å². The van der Waals surface area contributed by atoms with Crippen LogP contribution < -0.4 is 16.0 Å². The van der Waals surface area contributed by atoms with Crippen LogP contribution in [0, 0.1) is 0 Å². The zero-order chi connectivity index (χ0) is 20.7. The zero-order valence-electron chi connectivity index (χ0n) is 15.0. The van der Waals surface area contributed by atoms with Crippen LogP contribution in [0.4, 0.5) is 29.3 Å². The molecule has 0 saturated carbocycles. The number of carbonyl (C=O) groups excluding carboxylic acids is 2. The van der Waals surface area contributed by atoms with Gasteiger partial charge in [-0.25, -0.2) is 4.79 Å². The summed E-state index contributed by atoms with van der Waals surface area (Å²) in [6, 6.07) is 8.49. The Morgan fingerprint density at radius 3 is 2.21 bits per heavy atom. The van der Waals surface area contributed by atoms with E-state index in [1.807, 2.05) is 6.92 Å². The number of rotatable bonds is 6. The standard InChI is InChI=1S/C19H19ClF3N3O2/c1-2-3-10-24-17(27)12-4-6-13(7-5-12)25-18(28)26-14-8-9-16(20)15(11-14)19(21,22)23/h4-9,11H,2-3,10H2,1H3,(H,24,27)(H2,25,26,28). The molecule has 150 valence electrons. The highest BCUT2D eigenvalue weighted by atomic mass is 35.5. The first-order valence-corrected chi connectivity index (χ1v) is 8.91. The van der Waals surface area contributed by atoms with Crippen molar-refractivity contribution in [1.29, 1.82) is 0 Å². The molecule has 5 nitrogen and oxygen atoms in total. The number of alkyl halides is 3. The van der Waals surface area contributed by atoms with Crippen molar-refractivity contribution in [2.45, 2.75) is 25.9 Å². The normalized spacial score (nSPS) is 11.0. The average Bonchev–Trinajstić information content (AvgIpc) is 2.63. The lowest BCUT2D eigenvalue weighted by Gasteiger charge is -2.12. The summed E-state index contributed by atoms with van der Waals surface area (Å²) >= 11 is 5.55. The molecule has 0 aliphatic rings. The second-order valence-corrected chi connectivity index (χ2v) is 6.37. The minimum absolute atomic E-state index is 0.0545. The predicted molar refractivity (Wildman–Crippen MR) is 103 cm³/mol. The molecule has 9 heteroatoms. The summed E-state index contributed by atoms with van der Waals surface area (Å²) in [7, 11) is 0. The monoisotopic (exact) mass is 413 g/mol. The Bertz CT molecular complexity index is 839. The third-order valence-corrected chi connectivity index (χ3v) is 4.08. The van der Waals surface area contributed by atoms with Gasteiger partial charge in [-0.2, -0.15) is 13.2 Å². The van der Waals surface area contributed by atoms with Crippen LogP contribution in [0.25, 0.3) is 0 Å². The molecule has 0 spiro atoms. The van der Waals surface area contributed by atoms with E-state index < -0.39 is 22.8 Å². The van der Waals surface area contributed by atoms with E-state index in [0.717, 1.165) is 25.0 Å². The van der Waals surface area contributed by atoms with E-state index in [0.29, 0.717) is 17.8 Å². The van der Waals surface area contributed by atoms with E-state index >= 15 is 0 Å². The summed E-state index contributed by atoms with van der Waals surface area (Å²) in [5.41, 5.74) is -0.270. The summed E-state index contributed by atoms with van der Waals surface area (Å²) in [5.74, 6) is -0.217. The average molecular weight is 414 g/mol. The Labute approximate surface area is 165 Å². The first kappa shape index (κ1) is 21.6. The van der Waals surface area contributed by atoms with Crippen LogP contribution in [0.15, 0.2) is 42.5 Å². The number of hydrogen-bond acceptors (Lipinski definition) is 2. The molecule has 3 amide bonds. The first-order valence-electron chi connectivity index (χ1n) is 8.53. The van der Waals surface area contributed by atoms with Crippen LogP contribution in [0.3, 0.4) is 0 Å². The summed E-state index contributed by atoms with van der Waals surface area (Å²) in [6.07, 6.45) is -2.78. The number of nitrogens with one attached hydrogen (secondary N) is 3. The number of unbranched alkanes of at least 4 members (excludes halogenated alkanes) is 1. The quantitative estimate of drug-likeness (QED) is 0.545. The van der Waals surface area contributed by atoms with Crippen molar-refractivity contribution >= 4 is 34.9 Å². The molecule has 0 aliphatic carbocycles. The molecular weight excluding hydrogens is 395 g/mol. The maximum Gasteiger partial charge on any atom is 0.417 e. The van der Waals surface area contributed by atoms with Crippen molar-refractivity contribution < 1.29 is 22.8 Å². The predicted octanol–water partition coefficient (Wildman–Crippen LogP) is 5.53. The molecule has 0 bridgehead atoms. The fraction of sp³-hybridized carbons (Fsp3) is 0.263. The fourth-order valence-corrected chi connectivity index (χ4v) is 2.52. The molecule has 0 atom stereocenters. The molecule has 2 rings (SSSR count). The number of anilines is 2. The number of urea groups is 1. The van der Waals surface area contributed by atoms with Crippen molar-refractivity contribution in [2.75, 3.05) is 17.2 Å². The van der Waals surface area contributed by atoms with Crippen LogP contribution >= 0.6 is 11.6 Å². The van der Waals surface area contributed by atoms with Gasteiger partial charge in [0.15, 0.2) is 0 Å². The molecule has 0 saturated heterocycles. The molecule has 0 heterocycles. The summed E-state index contributed by atoms with van der Waals surface area (Å²) in [6.45, 7) is 2.60. The topological polar surface area (TPSA) is 70.2 Å². The number of amides is 3. The maximum absolute atomic E-state index is 12.9. The number of hydrogen-bond donors (Lipinski definition) is 3. The number of benzene rings is 2. The molecule has 3 N–H and O–H groups in total. The summed E-state index contributed by atoms with van der Waals surface area (Å²) in [5, 5.41) is 7.12. The zero-order valence-corrected chi connectivity index (χ0v) is 15.7. The van der Waals surface area contributed by atoms with E-state index in [4.69, 9.17) is 11.6 Å². The van der Waals surface area contributed by atoms with Crippen LogP contribution in [0.2, 0.25) is 5.02 Å². The molecule has 0 unspecified atom stereocenters. The third kappa shape index (κ3) is 6.16. The Morgan fingerprint density at radius 1 is 1.00 bits per heavy atom. The Kier molecular flexibility index (Phi) is 7.28. The first-order chi connectivity index (χ1) is 13.2. The number of halogens is 4. The van der Waals surface area contributed by atoms with Gasteiger partial charge in [-0.15, -0.1) is 0 Å². The van der Waals surface area contributed by atoms with Crippen LogP contribution in [-0.2, 0) is 6.18 Å². The second kappa shape index (κ2) is 9.45. The third-order valence-electron chi connectivity index (χ3n) is 3.75. The van der Waals surface area contributed by atoms with Crippen molar-refractivity contribution in [3.63, 3.8) is 0 Å². The maximum atomic E-state index is 12.9. The van der Waals surface area contributed by atoms with Crippen LogP contribution in [-0.4, -0.2) is 18.5 Å². The van der Waals surface area contributed by atoms with E-state index in [1.54, 1.807) is 12.1 Å². The summed E-state index contributed by atoms with van der Waals surface area (Å²) < 4.78 is 38.6. The SMILES string of the molecule is CCCCNC(=O)c1ccc(NC(=O)Nc2ccc(Cl)c(C(F)(F)F)c2)cc1. The minimum Gasteiger partial charge on any atom is -0.352 e. The molecule has 0 aliphatic heterocycles. The molecule has 0 radical (unpaired) electrons. The van der Waals surface area contributed by atoms with Gasteiger partial charge in [0.25, 0.3) is 5.91 Å². The Morgan fingerprint density at radius 2 is 1.61 bits per heavy atom. The molecular formula is C19H19ClF3N3O2. The van der Waals surface area contributed by atoms with Gasteiger partial charge >= 0.3 is 12.2 Å². The lowest BCUT2D eigenvalue weighted by atomic mass is 10.2. The van der Waals surface area contributed by atoms with Crippen molar-refractivity contribution in [3.8, 4) is 0 Å². The minimum atomic E-state index is -4.63. The number of carbonyl (C=O) groups is 2. The molecule has 0 fully saturated rings. The molecule has 2 aromatic rings. The molecule has 0 aromatic heterocycles. The van der Waals surface area contributed by atoms with Gasteiger partial charge in [0.2, 0.25) is 0 Å². The van der Waals surface area contributed by atoms with Gasteiger partial charge in [0.1, 0.15) is 0 Å². The fourth-order valence-electron chi connectivity index (χ4n) is 2.30. The highest BCUT2D eigenvalue weighted by Gasteiger charge is 2.33. The molecule has 28 heavy (non-hydrogen) atoms. The van der Waals surface area contributed by atoms with E-state index in [1.165, 1.54) is 18.2 Å². The highest BCUT2D eigenvalue weighted by molar-refractivity contribution is 6.31. The van der Waals surface area contributed by atoms with Crippen molar-refractivity contribution in [2.24, 2.45) is 0 Å². The van der Waals surface area contributed by atoms with Gasteiger partial charge in [0.05, 0.1) is 10.6 Å². The van der Waals surface area contributed by atoms with Gasteiger partial charge < -0.3 is 16.0 Å². The molecule has 2 aromatic carbocycles.